The van der Waals surface area contributed by atoms with Crippen molar-refractivity contribution in [1.82, 2.24) is 0 Å². The molecule has 132 valence electrons. The molecule has 0 saturated carbocycles. The van der Waals surface area contributed by atoms with Gasteiger partial charge in [0.25, 0.3) is 0 Å². The highest BCUT2D eigenvalue weighted by Gasteiger charge is 2.40. The number of halogens is 2. The van der Waals surface area contributed by atoms with Gasteiger partial charge in [-0.2, -0.15) is 0 Å². The van der Waals surface area contributed by atoms with Crippen molar-refractivity contribution >= 4 is 40.6 Å². The summed E-state index contributed by atoms with van der Waals surface area (Å²) in [6.07, 6.45) is 2.13. The van der Waals surface area contributed by atoms with Crippen LogP contribution in [0.25, 0.3) is 0 Å². The Labute approximate surface area is 162 Å². The minimum atomic E-state index is -0.294. The van der Waals surface area contributed by atoms with Gasteiger partial charge >= 0.3 is 0 Å². The van der Waals surface area contributed by atoms with Crippen LogP contribution in [0.15, 0.2) is 59.8 Å². The second-order valence-electron chi connectivity index (χ2n) is 6.60. The van der Waals surface area contributed by atoms with Gasteiger partial charge in [0.05, 0.1) is 10.7 Å². The highest BCUT2D eigenvalue weighted by atomic mass is 35.5. The molecule has 0 saturated heterocycles. The summed E-state index contributed by atoms with van der Waals surface area (Å²) in [4.78, 5) is 27.5. The van der Waals surface area contributed by atoms with Crippen molar-refractivity contribution in [3.63, 3.8) is 0 Å². The molecular formula is C21H17Cl2NO2. The fourth-order valence-corrected chi connectivity index (χ4v) is 4.42. The summed E-state index contributed by atoms with van der Waals surface area (Å²) in [5, 5.41) is 1.09. The molecule has 5 heteroatoms. The Morgan fingerprint density at radius 3 is 2.31 bits per heavy atom. The van der Waals surface area contributed by atoms with E-state index in [0.717, 1.165) is 17.7 Å². The first kappa shape index (κ1) is 17.3. The summed E-state index contributed by atoms with van der Waals surface area (Å²) in [6, 6.07) is 14.7. The predicted octanol–water partition coefficient (Wildman–Crippen LogP) is 5.52. The van der Waals surface area contributed by atoms with Gasteiger partial charge in [0, 0.05) is 35.1 Å². The Morgan fingerprint density at radius 1 is 0.885 bits per heavy atom. The lowest BCUT2D eigenvalue weighted by molar-refractivity contribution is -0.119. The Balaban J connectivity index is 1.91. The van der Waals surface area contributed by atoms with Crippen molar-refractivity contribution in [3.05, 3.63) is 75.4 Å². The van der Waals surface area contributed by atoms with Crippen molar-refractivity contribution in [2.75, 3.05) is 4.90 Å². The van der Waals surface area contributed by atoms with E-state index in [1.807, 2.05) is 36.4 Å². The number of amides is 1. The van der Waals surface area contributed by atoms with Crippen molar-refractivity contribution in [1.29, 1.82) is 0 Å². The summed E-state index contributed by atoms with van der Waals surface area (Å²) in [5.41, 5.74) is 2.96. The van der Waals surface area contributed by atoms with E-state index in [1.165, 1.54) is 0 Å². The molecule has 1 heterocycles. The number of allylic oxidation sites excluding steroid dienone is 2. The van der Waals surface area contributed by atoms with Crippen LogP contribution in [-0.2, 0) is 9.59 Å². The van der Waals surface area contributed by atoms with Crippen LogP contribution in [0.5, 0.6) is 0 Å². The first-order chi connectivity index (χ1) is 12.6. The van der Waals surface area contributed by atoms with Crippen LogP contribution in [0.3, 0.4) is 0 Å². The number of rotatable bonds is 2. The Bertz CT molecular complexity index is 935. The van der Waals surface area contributed by atoms with Gasteiger partial charge in [0.15, 0.2) is 5.78 Å². The average molecular weight is 386 g/mol. The Kier molecular flexibility index (Phi) is 4.60. The van der Waals surface area contributed by atoms with Crippen molar-refractivity contribution in [2.45, 2.75) is 31.6 Å². The van der Waals surface area contributed by atoms with E-state index in [4.69, 9.17) is 23.2 Å². The number of nitrogens with zero attached hydrogens (tertiary/aromatic N) is 1. The normalized spacial score (nSPS) is 20.4. The lowest BCUT2D eigenvalue weighted by atomic mass is 9.77. The third-order valence-corrected chi connectivity index (χ3v) is 5.71. The molecule has 1 unspecified atom stereocenters. The first-order valence-corrected chi connectivity index (χ1v) is 9.41. The fourth-order valence-electron chi connectivity index (χ4n) is 3.93. The highest BCUT2D eigenvalue weighted by molar-refractivity contribution is 6.34. The smallest absolute Gasteiger partial charge is 0.232 e. The van der Waals surface area contributed by atoms with E-state index in [2.05, 4.69) is 0 Å². The molecule has 2 aromatic carbocycles. The van der Waals surface area contributed by atoms with Gasteiger partial charge in [0.2, 0.25) is 5.91 Å². The average Bonchev–Trinajstić information content (AvgIpc) is 2.63. The van der Waals surface area contributed by atoms with Gasteiger partial charge in [0.1, 0.15) is 0 Å². The van der Waals surface area contributed by atoms with E-state index in [0.29, 0.717) is 34.1 Å². The zero-order valence-electron chi connectivity index (χ0n) is 14.0. The molecule has 1 aliphatic heterocycles. The van der Waals surface area contributed by atoms with Gasteiger partial charge in [-0.1, -0.05) is 53.5 Å². The quantitative estimate of drug-likeness (QED) is 0.682. The summed E-state index contributed by atoms with van der Waals surface area (Å²) in [5.74, 6) is -0.255. The maximum Gasteiger partial charge on any atom is 0.232 e. The number of hydrogen-bond donors (Lipinski definition) is 0. The SMILES string of the molecule is O=C1CCCC2=C1C(c1ccccc1Cl)CC(=O)N2c1ccccc1Cl. The number of Topliss-reactive ketones (excluding diaryl/α,β-unsaturated/α-hetero) is 1. The molecule has 26 heavy (non-hydrogen) atoms. The minimum absolute atomic E-state index is 0.0588. The monoisotopic (exact) mass is 385 g/mol. The van der Waals surface area contributed by atoms with Crippen molar-refractivity contribution in [2.24, 2.45) is 0 Å². The van der Waals surface area contributed by atoms with Crippen LogP contribution in [0.4, 0.5) is 5.69 Å². The molecule has 0 bridgehead atoms. The molecule has 0 spiro atoms. The summed E-state index contributed by atoms with van der Waals surface area (Å²) < 4.78 is 0. The van der Waals surface area contributed by atoms with Gasteiger partial charge in [-0.15, -0.1) is 0 Å². The third kappa shape index (κ3) is 2.85. The van der Waals surface area contributed by atoms with E-state index in [1.54, 1.807) is 17.0 Å². The number of ketones is 1. The molecule has 0 fully saturated rings. The molecule has 2 aromatic rings. The Hall–Kier alpha value is -2.10. The molecular weight excluding hydrogens is 369 g/mol. The number of carbonyl (C=O) groups is 2. The van der Waals surface area contributed by atoms with Gasteiger partial charge < -0.3 is 0 Å². The maximum absolute atomic E-state index is 13.1. The van der Waals surface area contributed by atoms with Crippen molar-refractivity contribution in [3.8, 4) is 0 Å². The molecule has 0 radical (unpaired) electrons. The number of anilines is 1. The molecule has 1 amide bonds. The largest absolute Gasteiger partial charge is 0.294 e. The maximum atomic E-state index is 13.1. The third-order valence-electron chi connectivity index (χ3n) is 5.05. The van der Waals surface area contributed by atoms with Crippen LogP contribution < -0.4 is 4.90 Å². The standard InChI is InChI=1S/C21H17Cl2NO2/c22-15-7-2-1-6-13(15)14-12-20(26)24(17-9-4-3-8-16(17)23)18-10-5-11-19(25)21(14)18/h1-4,6-9,14H,5,10-12H2. The number of carbonyl (C=O) groups excluding carboxylic acids is 2. The lowest BCUT2D eigenvalue weighted by Crippen LogP contribution is -2.40. The zero-order valence-corrected chi connectivity index (χ0v) is 15.6. The van der Waals surface area contributed by atoms with Crippen LogP contribution in [-0.4, -0.2) is 11.7 Å². The molecule has 0 aromatic heterocycles. The van der Waals surface area contributed by atoms with E-state index >= 15 is 0 Å². The van der Waals surface area contributed by atoms with Gasteiger partial charge in [-0.05, 0) is 36.6 Å². The molecule has 4 rings (SSSR count). The molecule has 3 nitrogen and oxygen atoms in total. The molecule has 2 aliphatic rings. The Morgan fingerprint density at radius 2 is 1.58 bits per heavy atom. The van der Waals surface area contributed by atoms with E-state index < -0.39 is 0 Å². The summed E-state index contributed by atoms with van der Waals surface area (Å²) in [7, 11) is 0. The number of para-hydroxylation sites is 1. The lowest BCUT2D eigenvalue weighted by Gasteiger charge is -2.38. The molecule has 0 N–H and O–H groups in total. The van der Waals surface area contributed by atoms with E-state index in [-0.39, 0.29) is 24.0 Å². The van der Waals surface area contributed by atoms with Crippen LogP contribution in [0.2, 0.25) is 10.0 Å². The second-order valence-corrected chi connectivity index (χ2v) is 7.41. The minimum Gasteiger partial charge on any atom is -0.294 e. The molecule has 1 aliphatic carbocycles. The number of benzene rings is 2. The number of hydrogen-bond acceptors (Lipinski definition) is 2. The van der Waals surface area contributed by atoms with Crippen molar-refractivity contribution < 1.29 is 9.59 Å². The first-order valence-electron chi connectivity index (χ1n) is 8.66. The van der Waals surface area contributed by atoms with Gasteiger partial charge in [-0.25, -0.2) is 0 Å². The predicted molar refractivity (Wildman–Crippen MR) is 104 cm³/mol. The van der Waals surface area contributed by atoms with Crippen LogP contribution >= 0.6 is 23.2 Å². The van der Waals surface area contributed by atoms with Crippen LogP contribution in [0, 0.1) is 0 Å². The van der Waals surface area contributed by atoms with E-state index in [9.17, 15) is 9.59 Å². The highest BCUT2D eigenvalue weighted by Crippen LogP contribution is 2.45. The summed E-state index contributed by atoms with van der Waals surface area (Å²) >= 11 is 12.7. The topological polar surface area (TPSA) is 37.4 Å². The van der Waals surface area contributed by atoms with Gasteiger partial charge in [-0.3, -0.25) is 14.5 Å². The fraction of sp³-hybridized carbons (Fsp3) is 0.238. The summed E-state index contributed by atoms with van der Waals surface area (Å²) in [6.45, 7) is 0. The zero-order chi connectivity index (χ0) is 18.3. The second kappa shape index (κ2) is 6.90. The van der Waals surface area contributed by atoms with Crippen LogP contribution in [0.1, 0.15) is 37.2 Å². The molecule has 1 atom stereocenters.